The quantitative estimate of drug-likeness (QED) is 0.704. The minimum absolute atomic E-state index is 0.111. The Morgan fingerprint density at radius 1 is 1.04 bits per heavy atom. The van der Waals surface area contributed by atoms with Crippen LogP contribution in [0.15, 0.2) is 42.6 Å². The summed E-state index contributed by atoms with van der Waals surface area (Å²) in [7, 11) is 0. The molecule has 0 spiro atoms. The van der Waals surface area contributed by atoms with Crippen LogP contribution < -0.4 is 9.47 Å². The van der Waals surface area contributed by atoms with E-state index in [1.807, 2.05) is 47.1 Å². The second kappa shape index (κ2) is 7.43. The van der Waals surface area contributed by atoms with E-state index in [0.717, 1.165) is 60.9 Å². The molecule has 28 heavy (non-hydrogen) atoms. The molecule has 0 saturated heterocycles. The molecular formula is C22H25N3O3. The molecule has 0 bridgehead atoms. The summed E-state index contributed by atoms with van der Waals surface area (Å²) in [6.45, 7) is 0.795. The molecule has 2 heterocycles. The van der Waals surface area contributed by atoms with Crippen molar-refractivity contribution in [1.29, 1.82) is 0 Å². The highest BCUT2D eigenvalue weighted by Gasteiger charge is 2.22. The molecule has 0 amide bonds. The van der Waals surface area contributed by atoms with E-state index >= 15 is 0 Å². The maximum absolute atomic E-state index is 9.67. The molecule has 1 N–H and O–H groups in total. The van der Waals surface area contributed by atoms with Crippen LogP contribution in [0.1, 0.15) is 38.5 Å². The summed E-state index contributed by atoms with van der Waals surface area (Å²) in [5.74, 6) is 2.20. The molecular weight excluding hydrogens is 354 g/mol. The third kappa shape index (κ3) is 3.83. The second-order valence-electron chi connectivity index (χ2n) is 7.92. The van der Waals surface area contributed by atoms with Crippen molar-refractivity contribution in [3.8, 4) is 22.9 Å². The zero-order chi connectivity index (χ0) is 18.9. The minimum atomic E-state index is -0.190. The summed E-state index contributed by atoms with van der Waals surface area (Å²) >= 11 is 0. The first-order chi connectivity index (χ1) is 13.7. The van der Waals surface area contributed by atoms with Gasteiger partial charge in [0.05, 0.1) is 24.6 Å². The summed E-state index contributed by atoms with van der Waals surface area (Å²) in [4.78, 5) is 4.48. The van der Waals surface area contributed by atoms with Gasteiger partial charge in [-0.2, -0.15) is 0 Å². The molecule has 0 radical (unpaired) electrons. The van der Waals surface area contributed by atoms with Crippen molar-refractivity contribution in [3.63, 3.8) is 0 Å². The minimum Gasteiger partial charge on any atom is -0.493 e. The highest BCUT2D eigenvalue weighted by molar-refractivity contribution is 5.64. The van der Waals surface area contributed by atoms with Crippen molar-refractivity contribution in [2.75, 3.05) is 6.61 Å². The molecule has 2 aromatic heterocycles. The van der Waals surface area contributed by atoms with E-state index in [9.17, 15) is 5.11 Å². The molecule has 6 heteroatoms. The van der Waals surface area contributed by atoms with Gasteiger partial charge in [-0.15, -0.1) is 5.10 Å². The Bertz CT molecular complexity index is 959. The van der Waals surface area contributed by atoms with Gasteiger partial charge in [-0.05, 0) is 62.6 Å². The van der Waals surface area contributed by atoms with Gasteiger partial charge in [0.2, 0.25) is 5.88 Å². The number of benzene rings is 1. The Kier molecular flexibility index (Phi) is 4.64. The molecule has 1 aromatic carbocycles. The molecule has 6 nitrogen and oxygen atoms in total. The normalized spacial score (nSPS) is 22.3. The fourth-order valence-corrected chi connectivity index (χ4v) is 3.69. The third-order valence-corrected chi connectivity index (χ3v) is 5.58. The molecule has 3 aromatic rings. The first kappa shape index (κ1) is 17.5. The van der Waals surface area contributed by atoms with E-state index < -0.39 is 0 Å². The molecule has 2 aliphatic rings. The predicted octanol–water partition coefficient (Wildman–Crippen LogP) is 3.87. The maximum atomic E-state index is 9.67. The van der Waals surface area contributed by atoms with Crippen LogP contribution >= 0.6 is 0 Å². The van der Waals surface area contributed by atoms with Gasteiger partial charge in [-0.1, -0.05) is 12.1 Å². The van der Waals surface area contributed by atoms with Gasteiger partial charge in [0.15, 0.2) is 5.65 Å². The van der Waals surface area contributed by atoms with Crippen LogP contribution in [0.5, 0.6) is 11.6 Å². The highest BCUT2D eigenvalue weighted by atomic mass is 16.5. The Morgan fingerprint density at radius 3 is 2.71 bits per heavy atom. The lowest BCUT2D eigenvalue weighted by atomic mass is 9.95. The van der Waals surface area contributed by atoms with Crippen LogP contribution in [0.4, 0.5) is 0 Å². The van der Waals surface area contributed by atoms with Crippen molar-refractivity contribution >= 4 is 5.65 Å². The fourth-order valence-electron chi connectivity index (χ4n) is 3.69. The summed E-state index contributed by atoms with van der Waals surface area (Å²) in [6.07, 6.45) is 7.61. The first-order valence-corrected chi connectivity index (χ1v) is 10.2. The number of hydrogen-bond donors (Lipinski definition) is 1. The number of aromatic nitrogens is 3. The van der Waals surface area contributed by atoms with E-state index in [4.69, 9.17) is 9.47 Å². The molecule has 2 saturated carbocycles. The fraction of sp³-hybridized carbons (Fsp3) is 0.455. The topological polar surface area (TPSA) is 68.9 Å². The number of imidazole rings is 1. The van der Waals surface area contributed by atoms with Gasteiger partial charge in [0, 0.05) is 11.6 Å². The Hall–Kier alpha value is -2.60. The number of fused-ring (bicyclic) bond motifs is 1. The summed E-state index contributed by atoms with van der Waals surface area (Å²) in [6, 6.07) is 11.9. The second-order valence-corrected chi connectivity index (χ2v) is 7.92. The monoisotopic (exact) mass is 379 g/mol. The summed E-state index contributed by atoms with van der Waals surface area (Å²) in [5, 5.41) is 14.3. The van der Waals surface area contributed by atoms with Gasteiger partial charge in [0.1, 0.15) is 11.9 Å². The van der Waals surface area contributed by atoms with Gasteiger partial charge >= 0.3 is 0 Å². The van der Waals surface area contributed by atoms with E-state index in [1.165, 1.54) is 12.8 Å². The van der Waals surface area contributed by atoms with Crippen molar-refractivity contribution in [2.45, 2.75) is 50.7 Å². The van der Waals surface area contributed by atoms with E-state index in [1.54, 1.807) is 0 Å². The molecule has 0 unspecified atom stereocenters. The molecule has 0 aliphatic heterocycles. The molecule has 146 valence electrons. The number of ether oxygens (including phenoxy) is 2. The van der Waals surface area contributed by atoms with Gasteiger partial charge in [0.25, 0.3) is 0 Å². The number of aliphatic hydroxyl groups is 1. The lowest BCUT2D eigenvalue weighted by Gasteiger charge is -2.25. The Morgan fingerprint density at radius 2 is 1.89 bits per heavy atom. The third-order valence-electron chi connectivity index (χ3n) is 5.58. The average Bonchev–Trinajstić information content (AvgIpc) is 3.46. The SMILES string of the molecule is OC1CCC(Oc2ccc3ncc(-c4cccc(OCC5CC5)c4)n3n2)CC1. The van der Waals surface area contributed by atoms with E-state index in [0.29, 0.717) is 5.88 Å². The standard InChI is InChI=1S/C22H25N3O3/c26-17-6-8-18(9-7-17)28-22-11-10-21-23-13-20(25(21)24-22)16-2-1-3-19(12-16)27-14-15-4-5-15/h1-3,10-13,15,17-18,26H,4-9,14H2. The largest absolute Gasteiger partial charge is 0.493 e. The Balaban J connectivity index is 1.38. The van der Waals surface area contributed by atoms with Gasteiger partial charge < -0.3 is 14.6 Å². The number of rotatable bonds is 6. The lowest BCUT2D eigenvalue weighted by molar-refractivity contribution is 0.0637. The molecule has 5 rings (SSSR count). The predicted molar refractivity (Wildman–Crippen MR) is 106 cm³/mol. The number of nitrogens with zero attached hydrogens (tertiary/aromatic N) is 3. The summed E-state index contributed by atoms with van der Waals surface area (Å²) in [5.41, 5.74) is 2.72. The Labute approximate surface area is 164 Å². The first-order valence-electron chi connectivity index (χ1n) is 10.2. The molecule has 0 atom stereocenters. The zero-order valence-electron chi connectivity index (χ0n) is 15.8. The van der Waals surface area contributed by atoms with Gasteiger partial charge in [-0.25, -0.2) is 9.50 Å². The number of hydrogen-bond acceptors (Lipinski definition) is 5. The average molecular weight is 379 g/mol. The molecule has 2 fully saturated rings. The molecule has 2 aliphatic carbocycles. The summed E-state index contributed by atoms with van der Waals surface area (Å²) < 4.78 is 13.8. The smallest absolute Gasteiger partial charge is 0.232 e. The van der Waals surface area contributed by atoms with E-state index in [2.05, 4.69) is 10.1 Å². The lowest BCUT2D eigenvalue weighted by Crippen LogP contribution is -2.26. The van der Waals surface area contributed by atoms with Crippen molar-refractivity contribution in [1.82, 2.24) is 14.6 Å². The zero-order valence-corrected chi connectivity index (χ0v) is 15.8. The van der Waals surface area contributed by atoms with Crippen molar-refractivity contribution < 1.29 is 14.6 Å². The van der Waals surface area contributed by atoms with Crippen LogP contribution in [-0.2, 0) is 0 Å². The van der Waals surface area contributed by atoms with Crippen LogP contribution in [0.25, 0.3) is 16.9 Å². The van der Waals surface area contributed by atoms with Gasteiger partial charge in [-0.3, -0.25) is 0 Å². The van der Waals surface area contributed by atoms with Crippen LogP contribution in [0, 0.1) is 5.92 Å². The maximum Gasteiger partial charge on any atom is 0.232 e. The van der Waals surface area contributed by atoms with Crippen LogP contribution in [0.2, 0.25) is 0 Å². The number of aliphatic hydroxyl groups excluding tert-OH is 1. The van der Waals surface area contributed by atoms with Crippen molar-refractivity contribution in [3.05, 3.63) is 42.6 Å². The van der Waals surface area contributed by atoms with Crippen molar-refractivity contribution in [2.24, 2.45) is 5.92 Å². The highest BCUT2D eigenvalue weighted by Crippen LogP contribution is 2.31. The van der Waals surface area contributed by atoms with Crippen LogP contribution in [-0.4, -0.2) is 38.5 Å². The van der Waals surface area contributed by atoms with Crippen LogP contribution in [0.3, 0.4) is 0 Å². The van der Waals surface area contributed by atoms with E-state index in [-0.39, 0.29) is 12.2 Å².